The molecule has 0 spiro atoms. The molecule has 1 saturated carbocycles. The molecule has 0 radical (unpaired) electrons. The molecule has 1 aliphatic heterocycles. The first-order valence-electron chi connectivity index (χ1n) is 18.6. The molecule has 2 amide bonds. The summed E-state index contributed by atoms with van der Waals surface area (Å²) in [5.74, 6) is -3.76. The quantitative estimate of drug-likeness (QED) is 0.141. The number of carbonyl (C=O) groups excluding carboxylic acids is 4. The Morgan fingerprint density at radius 1 is 0.709 bits per heavy atom. The Morgan fingerprint density at radius 3 is 2.13 bits per heavy atom. The highest BCUT2D eigenvalue weighted by molar-refractivity contribution is 6.32. The lowest BCUT2D eigenvalue weighted by atomic mass is 9.44. The Bertz CT molecular complexity index is 2570. The zero-order valence-corrected chi connectivity index (χ0v) is 29.5. The van der Waals surface area contributed by atoms with Crippen LogP contribution in [0.2, 0.25) is 0 Å². The summed E-state index contributed by atoms with van der Waals surface area (Å²) in [6, 6.07) is 40.1. The number of carbonyl (C=O) groups is 4. The summed E-state index contributed by atoms with van der Waals surface area (Å²) in [4.78, 5) is 65.1. The number of phenols is 1. The molecule has 10 rings (SSSR count). The lowest BCUT2D eigenvalue weighted by molar-refractivity contribution is -0.135. The maximum absolute atomic E-state index is 15.1. The predicted octanol–water partition coefficient (Wildman–Crippen LogP) is 8.23. The van der Waals surface area contributed by atoms with Gasteiger partial charge in [0, 0.05) is 23.0 Å². The van der Waals surface area contributed by atoms with Gasteiger partial charge in [-0.15, -0.1) is 0 Å². The van der Waals surface area contributed by atoms with Gasteiger partial charge in [0.25, 0.3) is 0 Å². The molecule has 3 aliphatic carbocycles. The Labute approximate surface area is 316 Å². The smallest absolute Gasteiger partial charge is 0.238 e. The van der Waals surface area contributed by atoms with E-state index in [-0.39, 0.29) is 35.6 Å². The van der Waals surface area contributed by atoms with Gasteiger partial charge in [0.2, 0.25) is 17.7 Å². The molecule has 2 fully saturated rings. The van der Waals surface area contributed by atoms with Crippen LogP contribution in [0.15, 0.2) is 156 Å². The SMILES string of the molecule is O=C1C(c2ccccc2)=CC(=O)[C@@]2(c3ccccc3)[C@@H](c3ccc(O)cc3)C3=CC[C@@H]4C(=O)N(c5ccc(-c6nc7ccccc7o6)cc5)C(=O)[C@@H]4[C@@H]3C[C@@H]12. The minimum Gasteiger partial charge on any atom is -0.508 e. The first-order chi connectivity index (χ1) is 26.8. The number of benzene rings is 5. The van der Waals surface area contributed by atoms with E-state index in [0.717, 1.165) is 22.2 Å². The second-order valence-electron chi connectivity index (χ2n) is 14.9. The molecule has 4 aliphatic rings. The number of hydrogen-bond donors (Lipinski definition) is 1. The number of rotatable bonds is 5. The molecule has 55 heavy (non-hydrogen) atoms. The summed E-state index contributed by atoms with van der Waals surface area (Å²) in [5, 5.41) is 10.4. The minimum atomic E-state index is -1.32. The van der Waals surface area contributed by atoms with Gasteiger partial charge >= 0.3 is 0 Å². The van der Waals surface area contributed by atoms with E-state index in [0.29, 0.717) is 40.3 Å². The van der Waals surface area contributed by atoms with Crippen LogP contribution in [0.4, 0.5) is 5.69 Å². The van der Waals surface area contributed by atoms with E-state index >= 15 is 9.59 Å². The number of para-hydroxylation sites is 2. The van der Waals surface area contributed by atoms with Crippen LogP contribution in [0, 0.1) is 23.7 Å². The largest absolute Gasteiger partial charge is 0.508 e. The molecule has 0 unspecified atom stereocenters. The van der Waals surface area contributed by atoms with Crippen molar-refractivity contribution in [2.75, 3.05) is 4.90 Å². The molecule has 1 saturated heterocycles. The van der Waals surface area contributed by atoms with E-state index in [1.54, 1.807) is 48.5 Å². The van der Waals surface area contributed by atoms with Gasteiger partial charge in [-0.3, -0.25) is 24.1 Å². The zero-order chi connectivity index (χ0) is 37.4. The number of phenolic OH excluding ortho intramolecular Hbond substituents is 1. The Hall–Kier alpha value is -6.67. The second-order valence-corrected chi connectivity index (χ2v) is 14.9. The molecule has 8 heteroatoms. The second kappa shape index (κ2) is 12.5. The van der Waals surface area contributed by atoms with E-state index in [2.05, 4.69) is 4.98 Å². The summed E-state index contributed by atoms with van der Waals surface area (Å²) in [6.45, 7) is 0. The van der Waals surface area contributed by atoms with Crippen molar-refractivity contribution < 1.29 is 28.7 Å². The van der Waals surface area contributed by atoms with Crippen LogP contribution in [0.5, 0.6) is 5.75 Å². The minimum absolute atomic E-state index is 0.0748. The van der Waals surface area contributed by atoms with Gasteiger partial charge in [0.05, 0.1) is 22.9 Å². The molecule has 8 nitrogen and oxygen atoms in total. The molecular weight excluding hydrogens is 689 g/mol. The highest BCUT2D eigenvalue weighted by Gasteiger charge is 2.66. The molecule has 6 atom stereocenters. The van der Waals surface area contributed by atoms with Crippen molar-refractivity contribution in [1.29, 1.82) is 0 Å². The number of oxazole rings is 1. The molecule has 268 valence electrons. The number of imide groups is 1. The van der Waals surface area contributed by atoms with Crippen LogP contribution >= 0.6 is 0 Å². The number of ketones is 2. The lowest BCUT2D eigenvalue weighted by Gasteiger charge is -2.55. The van der Waals surface area contributed by atoms with Crippen molar-refractivity contribution in [3.8, 4) is 17.2 Å². The van der Waals surface area contributed by atoms with E-state index < -0.39 is 35.0 Å². The van der Waals surface area contributed by atoms with Crippen molar-refractivity contribution in [1.82, 2.24) is 4.98 Å². The molecule has 1 N–H and O–H groups in total. The highest BCUT2D eigenvalue weighted by atomic mass is 16.3. The fraction of sp³-hybridized carbons (Fsp3) is 0.170. The van der Waals surface area contributed by atoms with Gasteiger partial charge in [-0.05, 0) is 90.1 Å². The van der Waals surface area contributed by atoms with Crippen LogP contribution in [0.25, 0.3) is 28.1 Å². The summed E-state index contributed by atoms with van der Waals surface area (Å²) >= 11 is 0. The number of fused-ring (bicyclic) bond motifs is 5. The Morgan fingerprint density at radius 2 is 1.40 bits per heavy atom. The van der Waals surface area contributed by atoms with E-state index in [9.17, 15) is 14.7 Å². The molecule has 5 aromatic carbocycles. The normalized spacial score (nSPS) is 26.0. The molecular formula is C47H34N2O6. The van der Waals surface area contributed by atoms with Crippen LogP contribution in [-0.4, -0.2) is 33.5 Å². The topological polar surface area (TPSA) is 118 Å². The number of aromatic hydroxyl groups is 1. The third-order valence-corrected chi connectivity index (χ3v) is 12.3. The average Bonchev–Trinajstić information content (AvgIpc) is 3.77. The fourth-order valence-electron chi connectivity index (χ4n) is 9.92. The lowest BCUT2D eigenvalue weighted by Crippen LogP contribution is -2.58. The summed E-state index contributed by atoms with van der Waals surface area (Å²) < 4.78 is 5.95. The van der Waals surface area contributed by atoms with Crippen LogP contribution in [0.1, 0.15) is 35.4 Å². The summed E-state index contributed by atoms with van der Waals surface area (Å²) in [5.41, 5.74) is 4.59. The number of allylic oxidation sites excluding steroid dienone is 4. The molecule has 1 aromatic heterocycles. The fourth-order valence-corrected chi connectivity index (χ4v) is 9.92. The Balaban J connectivity index is 1.09. The van der Waals surface area contributed by atoms with Gasteiger partial charge in [0.15, 0.2) is 17.1 Å². The van der Waals surface area contributed by atoms with Crippen LogP contribution in [-0.2, 0) is 24.6 Å². The maximum Gasteiger partial charge on any atom is 0.238 e. The number of anilines is 1. The number of amides is 2. The summed E-state index contributed by atoms with van der Waals surface area (Å²) in [6.07, 6.45) is 4.09. The molecule has 6 aromatic rings. The van der Waals surface area contributed by atoms with E-state index in [4.69, 9.17) is 4.42 Å². The van der Waals surface area contributed by atoms with Crippen molar-refractivity contribution in [2.45, 2.75) is 24.2 Å². The van der Waals surface area contributed by atoms with Gasteiger partial charge in [0.1, 0.15) is 11.3 Å². The molecule has 2 heterocycles. The van der Waals surface area contributed by atoms with Gasteiger partial charge in [-0.25, -0.2) is 4.98 Å². The van der Waals surface area contributed by atoms with Crippen LogP contribution < -0.4 is 4.90 Å². The maximum atomic E-state index is 15.1. The zero-order valence-electron chi connectivity index (χ0n) is 29.5. The third kappa shape index (κ3) is 4.87. The van der Waals surface area contributed by atoms with Crippen LogP contribution in [0.3, 0.4) is 0 Å². The van der Waals surface area contributed by atoms with E-state index in [1.807, 2.05) is 91.0 Å². The first-order valence-corrected chi connectivity index (χ1v) is 18.6. The van der Waals surface area contributed by atoms with Gasteiger partial charge in [-0.1, -0.05) is 96.6 Å². The van der Waals surface area contributed by atoms with Crippen molar-refractivity contribution >= 4 is 45.7 Å². The first kappa shape index (κ1) is 32.9. The predicted molar refractivity (Wildman–Crippen MR) is 207 cm³/mol. The van der Waals surface area contributed by atoms with E-state index in [1.165, 1.54) is 11.0 Å². The monoisotopic (exact) mass is 722 g/mol. The highest BCUT2D eigenvalue weighted by Crippen LogP contribution is 2.63. The number of nitrogens with zero attached hydrogens (tertiary/aromatic N) is 2. The number of aromatic nitrogens is 1. The number of Topliss-reactive ketones (excluding diaryl/α,β-unsaturated/α-hetero) is 1. The number of hydrogen-bond acceptors (Lipinski definition) is 7. The van der Waals surface area contributed by atoms with Gasteiger partial charge in [-0.2, -0.15) is 0 Å². The Kier molecular flexibility index (Phi) is 7.46. The average molecular weight is 723 g/mol. The van der Waals surface area contributed by atoms with Crippen molar-refractivity contribution in [3.05, 3.63) is 168 Å². The third-order valence-electron chi connectivity index (χ3n) is 12.3. The van der Waals surface area contributed by atoms with Gasteiger partial charge < -0.3 is 9.52 Å². The van der Waals surface area contributed by atoms with Crippen molar-refractivity contribution in [3.63, 3.8) is 0 Å². The van der Waals surface area contributed by atoms with Crippen molar-refractivity contribution in [2.24, 2.45) is 23.7 Å². The standard InChI is InChI=1S/C47H34N2O6/c50-32-21-17-28(18-22-32)42-33-23-24-34-41(46(54)49(45(34)53)31-19-15-29(16-20-31)44-48-38-13-7-8-14-39(38)55-44)36(33)25-37-43(52)35(27-9-3-1-4-10-27)26-40(51)47(37,42)30-11-5-2-6-12-30/h1-23,26,34,36-37,41-42,50H,24-25H2/t34-,36+,37-,41-,42-,47-/m0/s1. The summed E-state index contributed by atoms with van der Waals surface area (Å²) in [7, 11) is 0. The molecule has 0 bridgehead atoms.